The molecule has 2 aromatic rings. The summed E-state index contributed by atoms with van der Waals surface area (Å²) >= 11 is 11.2. The maximum absolute atomic E-state index is 6.01. The molecule has 0 aliphatic heterocycles. The fourth-order valence-corrected chi connectivity index (χ4v) is 3.09. The number of benzene rings is 1. The maximum Gasteiger partial charge on any atom is 0.0898 e. The van der Waals surface area contributed by atoms with Gasteiger partial charge in [0.15, 0.2) is 0 Å². The fraction of sp³-hybridized carbons (Fsp3) is 0.308. The molecule has 1 aromatic carbocycles. The van der Waals surface area contributed by atoms with Gasteiger partial charge in [0, 0.05) is 28.5 Å². The lowest BCUT2D eigenvalue weighted by atomic mass is 10.2. The SMILES string of the molecule is Cc1nc(CN(C)c2ccc(Cl)cc2CBr)cs1. The maximum atomic E-state index is 6.01. The van der Waals surface area contributed by atoms with Gasteiger partial charge < -0.3 is 4.90 Å². The molecule has 0 atom stereocenters. The molecular formula is C13H14BrClN2S. The molecule has 0 amide bonds. The molecule has 0 saturated heterocycles. The number of nitrogens with zero attached hydrogens (tertiary/aromatic N) is 2. The first-order valence-electron chi connectivity index (χ1n) is 5.56. The highest BCUT2D eigenvalue weighted by atomic mass is 79.9. The molecule has 96 valence electrons. The second-order valence-corrected chi connectivity index (χ2v) is 6.18. The molecule has 0 N–H and O–H groups in total. The van der Waals surface area contributed by atoms with Crippen LogP contribution in [0.2, 0.25) is 5.02 Å². The largest absolute Gasteiger partial charge is 0.368 e. The predicted molar refractivity (Wildman–Crippen MR) is 83.0 cm³/mol. The summed E-state index contributed by atoms with van der Waals surface area (Å²) in [5, 5.41) is 4.78. The average molecular weight is 346 g/mol. The van der Waals surface area contributed by atoms with Crippen LogP contribution in [0.1, 0.15) is 16.3 Å². The lowest BCUT2D eigenvalue weighted by Gasteiger charge is -2.21. The van der Waals surface area contributed by atoms with Crippen LogP contribution in [0.4, 0.5) is 5.69 Å². The Morgan fingerprint density at radius 3 is 2.83 bits per heavy atom. The van der Waals surface area contributed by atoms with Crippen LogP contribution in [0.15, 0.2) is 23.6 Å². The Bertz CT molecular complexity index is 542. The van der Waals surface area contributed by atoms with Crippen LogP contribution in [0, 0.1) is 6.92 Å². The van der Waals surface area contributed by atoms with Crippen LogP contribution in [-0.4, -0.2) is 12.0 Å². The summed E-state index contributed by atoms with van der Waals surface area (Å²) in [6.45, 7) is 2.84. The first-order chi connectivity index (χ1) is 8.60. The van der Waals surface area contributed by atoms with Gasteiger partial charge in [0.05, 0.1) is 17.2 Å². The first kappa shape index (κ1) is 13.8. The van der Waals surface area contributed by atoms with Crippen molar-refractivity contribution < 1.29 is 0 Å². The summed E-state index contributed by atoms with van der Waals surface area (Å²) in [7, 11) is 2.07. The molecule has 0 saturated carbocycles. The van der Waals surface area contributed by atoms with Gasteiger partial charge in [-0.3, -0.25) is 0 Å². The van der Waals surface area contributed by atoms with Crippen LogP contribution >= 0.6 is 38.9 Å². The molecule has 2 nitrogen and oxygen atoms in total. The number of anilines is 1. The van der Waals surface area contributed by atoms with E-state index in [-0.39, 0.29) is 0 Å². The standard InChI is InChI=1S/C13H14BrClN2S/c1-9-16-12(8-18-9)7-17(2)13-4-3-11(15)5-10(13)6-14/h3-5,8H,6-7H2,1-2H3. The molecule has 18 heavy (non-hydrogen) atoms. The number of thiazole rings is 1. The fourth-order valence-electron chi connectivity index (χ4n) is 1.84. The molecule has 1 heterocycles. The minimum absolute atomic E-state index is 0.770. The van der Waals surface area contributed by atoms with Crippen molar-refractivity contribution in [2.45, 2.75) is 18.8 Å². The predicted octanol–water partition coefficient (Wildman–Crippen LogP) is 4.64. The number of alkyl halides is 1. The van der Waals surface area contributed by atoms with E-state index in [0.717, 1.165) is 27.6 Å². The van der Waals surface area contributed by atoms with Crippen LogP contribution in [0.25, 0.3) is 0 Å². The van der Waals surface area contributed by atoms with E-state index in [4.69, 9.17) is 11.6 Å². The Balaban J connectivity index is 2.20. The molecule has 0 spiro atoms. The van der Waals surface area contributed by atoms with Crippen molar-refractivity contribution in [3.8, 4) is 0 Å². The Labute approximate surface area is 125 Å². The minimum atomic E-state index is 0.770. The molecule has 0 radical (unpaired) electrons. The number of rotatable bonds is 4. The van der Waals surface area contributed by atoms with Crippen LogP contribution in [-0.2, 0) is 11.9 Å². The molecular weight excluding hydrogens is 332 g/mol. The highest BCUT2D eigenvalue weighted by Gasteiger charge is 2.09. The normalized spacial score (nSPS) is 10.7. The molecule has 0 fully saturated rings. The highest BCUT2D eigenvalue weighted by Crippen LogP contribution is 2.26. The number of hydrogen-bond donors (Lipinski definition) is 0. The van der Waals surface area contributed by atoms with E-state index in [0.29, 0.717) is 0 Å². The van der Waals surface area contributed by atoms with Gasteiger partial charge in [0.25, 0.3) is 0 Å². The quantitative estimate of drug-likeness (QED) is 0.751. The van der Waals surface area contributed by atoms with E-state index in [1.165, 1.54) is 11.3 Å². The van der Waals surface area contributed by atoms with Crippen LogP contribution < -0.4 is 4.90 Å². The van der Waals surface area contributed by atoms with Crippen molar-refractivity contribution in [2.75, 3.05) is 11.9 Å². The van der Waals surface area contributed by atoms with E-state index in [1.54, 1.807) is 11.3 Å². The Morgan fingerprint density at radius 1 is 1.44 bits per heavy atom. The van der Waals surface area contributed by atoms with E-state index in [9.17, 15) is 0 Å². The Morgan fingerprint density at radius 2 is 2.22 bits per heavy atom. The number of halogens is 2. The smallest absolute Gasteiger partial charge is 0.0898 e. The number of hydrogen-bond acceptors (Lipinski definition) is 3. The van der Waals surface area contributed by atoms with Crippen molar-refractivity contribution in [1.29, 1.82) is 0 Å². The van der Waals surface area contributed by atoms with Gasteiger partial charge in [0.2, 0.25) is 0 Å². The van der Waals surface area contributed by atoms with Gasteiger partial charge in [0.1, 0.15) is 0 Å². The van der Waals surface area contributed by atoms with Crippen LogP contribution in [0.5, 0.6) is 0 Å². The third kappa shape index (κ3) is 3.25. The third-order valence-corrected chi connectivity index (χ3v) is 4.32. The highest BCUT2D eigenvalue weighted by molar-refractivity contribution is 9.08. The number of aryl methyl sites for hydroxylation is 1. The summed E-state index contributed by atoms with van der Waals surface area (Å²) in [5.74, 6) is 0. The second kappa shape index (κ2) is 6.04. The summed E-state index contributed by atoms with van der Waals surface area (Å²) in [4.78, 5) is 6.68. The minimum Gasteiger partial charge on any atom is -0.368 e. The zero-order chi connectivity index (χ0) is 13.1. The van der Waals surface area contributed by atoms with E-state index >= 15 is 0 Å². The Hall–Kier alpha value is -0.580. The Kier molecular flexibility index (Phi) is 4.65. The number of aromatic nitrogens is 1. The molecule has 0 aliphatic rings. The van der Waals surface area contributed by atoms with Gasteiger partial charge in [-0.25, -0.2) is 4.98 Å². The van der Waals surface area contributed by atoms with E-state index in [2.05, 4.69) is 44.3 Å². The second-order valence-electron chi connectivity index (χ2n) is 4.12. The monoisotopic (exact) mass is 344 g/mol. The van der Waals surface area contributed by atoms with E-state index in [1.807, 2.05) is 19.1 Å². The van der Waals surface area contributed by atoms with Gasteiger partial charge in [-0.2, -0.15) is 0 Å². The average Bonchev–Trinajstić information content (AvgIpc) is 2.74. The van der Waals surface area contributed by atoms with Gasteiger partial charge in [-0.15, -0.1) is 11.3 Å². The first-order valence-corrected chi connectivity index (χ1v) is 7.94. The van der Waals surface area contributed by atoms with E-state index < -0.39 is 0 Å². The zero-order valence-corrected chi connectivity index (χ0v) is 13.4. The molecule has 2 rings (SSSR count). The lowest BCUT2D eigenvalue weighted by molar-refractivity contribution is 0.885. The van der Waals surface area contributed by atoms with Gasteiger partial charge in [-0.05, 0) is 30.7 Å². The summed E-state index contributed by atoms with van der Waals surface area (Å²) < 4.78 is 0. The van der Waals surface area contributed by atoms with Crippen molar-refractivity contribution in [2.24, 2.45) is 0 Å². The zero-order valence-electron chi connectivity index (χ0n) is 10.3. The summed E-state index contributed by atoms with van der Waals surface area (Å²) in [5.41, 5.74) is 3.48. The van der Waals surface area contributed by atoms with Crippen molar-refractivity contribution in [1.82, 2.24) is 4.98 Å². The summed E-state index contributed by atoms with van der Waals surface area (Å²) in [6.07, 6.45) is 0. The van der Waals surface area contributed by atoms with Crippen LogP contribution in [0.3, 0.4) is 0 Å². The molecule has 1 aromatic heterocycles. The summed E-state index contributed by atoms with van der Waals surface area (Å²) in [6, 6.07) is 5.97. The van der Waals surface area contributed by atoms with Gasteiger partial charge >= 0.3 is 0 Å². The molecule has 0 aliphatic carbocycles. The molecule has 5 heteroatoms. The van der Waals surface area contributed by atoms with Gasteiger partial charge in [-0.1, -0.05) is 27.5 Å². The van der Waals surface area contributed by atoms with Crippen molar-refractivity contribution >= 4 is 44.6 Å². The van der Waals surface area contributed by atoms with Crippen molar-refractivity contribution in [3.63, 3.8) is 0 Å². The third-order valence-electron chi connectivity index (χ3n) is 2.66. The topological polar surface area (TPSA) is 16.1 Å². The van der Waals surface area contributed by atoms with Crippen molar-refractivity contribution in [3.05, 3.63) is 44.9 Å². The molecule has 0 bridgehead atoms. The molecule has 0 unspecified atom stereocenters. The lowest BCUT2D eigenvalue weighted by Crippen LogP contribution is -2.18.